The lowest BCUT2D eigenvalue weighted by atomic mass is 10.2. The van der Waals surface area contributed by atoms with Crippen LogP contribution in [0.1, 0.15) is 6.42 Å². The van der Waals surface area contributed by atoms with Gasteiger partial charge in [0.25, 0.3) is 0 Å². The van der Waals surface area contributed by atoms with Crippen LogP contribution in [-0.2, 0) is 9.53 Å². The molecule has 70 valence electrons. The summed E-state index contributed by atoms with van der Waals surface area (Å²) in [5, 5.41) is 3.23. The van der Waals surface area contributed by atoms with Crippen LogP contribution in [0.4, 0.5) is 0 Å². The van der Waals surface area contributed by atoms with Crippen molar-refractivity contribution in [2.45, 2.75) is 12.5 Å². The van der Waals surface area contributed by atoms with E-state index in [4.69, 9.17) is 4.74 Å². The fraction of sp³-hybridized carbons (Fsp3) is 0.875. The van der Waals surface area contributed by atoms with E-state index in [-0.39, 0.29) is 11.9 Å². The molecule has 0 spiro atoms. The van der Waals surface area contributed by atoms with E-state index in [1.54, 1.807) is 19.0 Å². The van der Waals surface area contributed by atoms with Gasteiger partial charge in [-0.15, -0.1) is 0 Å². The third kappa shape index (κ3) is 2.79. The Kier molecular flexibility index (Phi) is 3.49. The smallest absolute Gasteiger partial charge is 0.223 e. The highest BCUT2D eigenvalue weighted by atomic mass is 16.5. The molecule has 0 radical (unpaired) electrons. The Hall–Kier alpha value is -0.610. The van der Waals surface area contributed by atoms with Gasteiger partial charge in [0.1, 0.15) is 0 Å². The highest BCUT2D eigenvalue weighted by molar-refractivity contribution is 5.76. The highest BCUT2D eigenvalue weighted by Crippen LogP contribution is 1.99. The fourth-order valence-electron chi connectivity index (χ4n) is 1.14. The standard InChI is InChI=1S/C8H16N2O2/c1-10(2)8(11)5-7-6-12-4-3-9-7/h7,9H,3-6H2,1-2H3/t7-/m1/s1. The Morgan fingerprint density at radius 3 is 2.92 bits per heavy atom. The lowest BCUT2D eigenvalue weighted by Crippen LogP contribution is -2.44. The third-order valence-corrected chi connectivity index (χ3v) is 1.92. The van der Waals surface area contributed by atoms with E-state index < -0.39 is 0 Å². The number of hydrogen-bond acceptors (Lipinski definition) is 3. The maximum atomic E-state index is 11.2. The van der Waals surface area contributed by atoms with E-state index in [0.29, 0.717) is 13.0 Å². The number of carbonyl (C=O) groups excluding carboxylic acids is 1. The summed E-state index contributed by atoms with van der Waals surface area (Å²) in [4.78, 5) is 12.8. The maximum Gasteiger partial charge on any atom is 0.223 e. The van der Waals surface area contributed by atoms with Gasteiger partial charge < -0.3 is 15.0 Å². The number of morpholine rings is 1. The second kappa shape index (κ2) is 4.42. The summed E-state index contributed by atoms with van der Waals surface area (Å²) >= 11 is 0. The zero-order valence-electron chi connectivity index (χ0n) is 7.67. The topological polar surface area (TPSA) is 41.6 Å². The average Bonchev–Trinajstić information content (AvgIpc) is 2.06. The van der Waals surface area contributed by atoms with Crippen LogP contribution in [0.25, 0.3) is 0 Å². The molecule has 1 fully saturated rings. The normalized spacial score (nSPS) is 23.7. The van der Waals surface area contributed by atoms with Crippen LogP contribution in [0, 0.1) is 0 Å². The summed E-state index contributed by atoms with van der Waals surface area (Å²) in [6.07, 6.45) is 0.535. The van der Waals surface area contributed by atoms with Gasteiger partial charge in [0.05, 0.1) is 13.2 Å². The Morgan fingerprint density at radius 1 is 1.67 bits per heavy atom. The van der Waals surface area contributed by atoms with E-state index >= 15 is 0 Å². The summed E-state index contributed by atoms with van der Waals surface area (Å²) in [5.41, 5.74) is 0. The first-order chi connectivity index (χ1) is 5.70. The number of ether oxygens (including phenoxy) is 1. The quantitative estimate of drug-likeness (QED) is 0.608. The number of nitrogens with zero attached hydrogens (tertiary/aromatic N) is 1. The molecule has 4 nitrogen and oxygen atoms in total. The first-order valence-electron chi connectivity index (χ1n) is 4.21. The highest BCUT2D eigenvalue weighted by Gasteiger charge is 2.17. The van der Waals surface area contributed by atoms with Crippen molar-refractivity contribution in [1.29, 1.82) is 0 Å². The largest absolute Gasteiger partial charge is 0.378 e. The van der Waals surface area contributed by atoms with E-state index in [9.17, 15) is 4.79 Å². The molecule has 1 aliphatic heterocycles. The molecule has 1 N–H and O–H groups in total. The minimum Gasteiger partial charge on any atom is -0.378 e. The lowest BCUT2D eigenvalue weighted by Gasteiger charge is -2.24. The number of hydrogen-bond donors (Lipinski definition) is 1. The van der Waals surface area contributed by atoms with Gasteiger partial charge in [-0.2, -0.15) is 0 Å². The van der Waals surface area contributed by atoms with Crippen molar-refractivity contribution in [3.8, 4) is 0 Å². The molecule has 0 aromatic rings. The summed E-state index contributed by atoms with van der Waals surface area (Å²) in [5.74, 6) is 0.151. The predicted molar refractivity (Wildman–Crippen MR) is 45.9 cm³/mol. The van der Waals surface area contributed by atoms with Crippen LogP contribution < -0.4 is 5.32 Å². The molecule has 1 heterocycles. The van der Waals surface area contributed by atoms with Gasteiger partial charge in [0.2, 0.25) is 5.91 Å². The SMILES string of the molecule is CN(C)C(=O)C[C@@H]1COCCN1. The molecule has 4 heteroatoms. The summed E-state index contributed by atoms with van der Waals surface area (Å²) < 4.78 is 5.23. The summed E-state index contributed by atoms with van der Waals surface area (Å²) in [6.45, 7) is 2.26. The van der Waals surface area contributed by atoms with Crippen LogP contribution in [0.5, 0.6) is 0 Å². The van der Waals surface area contributed by atoms with E-state index in [1.807, 2.05) is 0 Å². The van der Waals surface area contributed by atoms with Gasteiger partial charge in [0.15, 0.2) is 0 Å². The Labute approximate surface area is 72.9 Å². The molecule has 0 unspecified atom stereocenters. The van der Waals surface area contributed by atoms with Crippen molar-refractivity contribution in [2.24, 2.45) is 0 Å². The molecule has 1 amide bonds. The van der Waals surface area contributed by atoms with E-state index in [0.717, 1.165) is 13.2 Å². The molecule has 1 atom stereocenters. The van der Waals surface area contributed by atoms with Gasteiger partial charge in [-0.25, -0.2) is 0 Å². The zero-order chi connectivity index (χ0) is 8.97. The second-order valence-electron chi connectivity index (χ2n) is 3.22. The molecule has 0 aliphatic carbocycles. The molecule has 1 saturated heterocycles. The predicted octanol–water partition coefficient (Wildman–Crippen LogP) is -0.547. The van der Waals surface area contributed by atoms with Crippen molar-refractivity contribution in [2.75, 3.05) is 33.9 Å². The Bertz CT molecular complexity index is 153. The molecule has 12 heavy (non-hydrogen) atoms. The van der Waals surface area contributed by atoms with Gasteiger partial charge in [-0.1, -0.05) is 0 Å². The van der Waals surface area contributed by atoms with E-state index in [1.165, 1.54) is 0 Å². The lowest BCUT2D eigenvalue weighted by molar-refractivity contribution is -0.129. The molecule has 1 rings (SSSR count). The van der Waals surface area contributed by atoms with Crippen LogP contribution in [0.15, 0.2) is 0 Å². The number of rotatable bonds is 2. The van der Waals surface area contributed by atoms with Crippen LogP contribution in [0.3, 0.4) is 0 Å². The number of amides is 1. The van der Waals surface area contributed by atoms with Gasteiger partial charge >= 0.3 is 0 Å². The molecule has 0 aromatic carbocycles. The van der Waals surface area contributed by atoms with Crippen molar-refractivity contribution in [3.63, 3.8) is 0 Å². The maximum absolute atomic E-state index is 11.2. The molecular weight excluding hydrogens is 156 g/mol. The molecule has 0 saturated carbocycles. The Morgan fingerprint density at radius 2 is 2.42 bits per heavy atom. The van der Waals surface area contributed by atoms with Crippen LogP contribution >= 0.6 is 0 Å². The number of nitrogens with one attached hydrogen (secondary N) is 1. The van der Waals surface area contributed by atoms with Crippen LogP contribution in [0.2, 0.25) is 0 Å². The van der Waals surface area contributed by atoms with Gasteiger partial charge in [0, 0.05) is 33.1 Å². The van der Waals surface area contributed by atoms with Gasteiger partial charge in [-0.05, 0) is 0 Å². The van der Waals surface area contributed by atoms with E-state index in [2.05, 4.69) is 5.32 Å². The van der Waals surface area contributed by atoms with Gasteiger partial charge in [-0.3, -0.25) is 4.79 Å². The molecule has 0 bridgehead atoms. The first-order valence-corrected chi connectivity index (χ1v) is 4.21. The molecular formula is C8H16N2O2. The second-order valence-corrected chi connectivity index (χ2v) is 3.22. The zero-order valence-corrected chi connectivity index (χ0v) is 7.67. The molecule has 0 aromatic heterocycles. The van der Waals surface area contributed by atoms with Crippen molar-refractivity contribution < 1.29 is 9.53 Å². The first kappa shape index (κ1) is 9.48. The van der Waals surface area contributed by atoms with Crippen molar-refractivity contribution in [1.82, 2.24) is 10.2 Å². The fourth-order valence-corrected chi connectivity index (χ4v) is 1.14. The Balaban J connectivity index is 2.24. The monoisotopic (exact) mass is 172 g/mol. The van der Waals surface area contributed by atoms with Crippen LogP contribution in [-0.4, -0.2) is 50.7 Å². The number of carbonyl (C=O) groups is 1. The van der Waals surface area contributed by atoms with Crippen molar-refractivity contribution in [3.05, 3.63) is 0 Å². The minimum absolute atomic E-state index is 0.151. The molecule has 1 aliphatic rings. The summed E-state index contributed by atoms with van der Waals surface area (Å²) in [7, 11) is 3.54. The summed E-state index contributed by atoms with van der Waals surface area (Å²) in [6, 6.07) is 0.202. The average molecular weight is 172 g/mol. The minimum atomic E-state index is 0.151. The third-order valence-electron chi connectivity index (χ3n) is 1.92. The van der Waals surface area contributed by atoms with Crippen molar-refractivity contribution >= 4 is 5.91 Å².